The molecule has 7 heteroatoms. The summed E-state index contributed by atoms with van der Waals surface area (Å²) >= 11 is 0. The molecule has 7 nitrogen and oxygen atoms in total. The van der Waals surface area contributed by atoms with Gasteiger partial charge in [0.25, 0.3) is 0 Å². The number of nitrogens with zero attached hydrogens (tertiary/aromatic N) is 3. The largest absolute Gasteiger partial charge is 0.467 e. The molecule has 1 unspecified atom stereocenters. The zero-order chi connectivity index (χ0) is 14.2. The molecule has 0 aliphatic carbocycles. The van der Waals surface area contributed by atoms with E-state index in [1.807, 2.05) is 12.1 Å². The molecular weight excluding hydrogens is 260 g/mol. The Bertz CT molecular complexity index is 496. The van der Waals surface area contributed by atoms with Crippen molar-refractivity contribution in [2.45, 2.75) is 26.0 Å². The maximum Gasteiger partial charge on any atom is 0.244 e. The van der Waals surface area contributed by atoms with Crippen LogP contribution in [0, 0.1) is 0 Å². The quantitative estimate of drug-likeness (QED) is 0.733. The van der Waals surface area contributed by atoms with E-state index in [0.29, 0.717) is 19.8 Å². The van der Waals surface area contributed by atoms with Crippen molar-refractivity contribution in [1.82, 2.24) is 20.1 Å². The van der Waals surface area contributed by atoms with Crippen LogP contribution in [0.1, 0.15) is 25.1 Å². The molecule has 0 aliphatic heterocycles. The number of ether oxygens (including phenoxy) is 1. The van der Waals surface area contributed by atoms with Crippen molar-refractivity contribution >= 4 is 5.91 Å². The smallest absolute Gasteiger partial charge is 0.244 e. The Morgan fingerprint density at radius 2 is 2.50 bits per heavy atom. The highest BCUT2D eigenvalue weighted by Gasteiger charge is 2.14. The standard InChI is InChI=1S/C13H18N4O3/c1-11(17-10-14-9-16-17)13(18)15-5-3-6-19-8-12-4-2-7-20-12/h2,4,7,9-11H,3,5-6,8H2,1H3,(H,15,18). The van der Waals surface area contributed by atoms with Gasteiger partial charge < -0.3 is 14.5 Å². The van der Waals surface area contributed by atoms with Gasteiger partial charge in [0.05, 0.1) is 6.26 Å². The van der Waals surface area contributed by atoms with E-state index in [1.54, 1.807) is 13.2 Å². The zero-order valence-corrected chi connectivity index (χ0v) is 11.4. The normalized spacial score (nSPS) is 12.2. The Morgan fingerprint density at radius 1 is 1.60 bits per heavy atom. The average molecular weight is 278 g/mol. The van der Waals surface area contributed by atoms with E-state index in [9.17, 15) is 4.79 Å². The first-order chi connectivity index (χ1) is 9.77. The number of nitrogens with one attached hydrogen (secondary N) is 1. The van der Waals surface area contributed by atoms with Crippen LogP contribution in [0.15, 0.2) is 35.5 Å². The van der Waals surface area contributed by atoms with E-state index in [-0.39, 0.29) is 11.9 Å². The maximum atomic E-state index is 11.8. The summed E-state index contributed by atoms with van der Waals surface area (Å²) in [6.45, 7) is 3.36. The van der Waals surface area contributed by atoms with Crippen molar-refractivity contribution in [2.24, 2.45) is 0 Å². The number of aromatic nitrogens is 3. The van der Waals surface area contributed by atoms with E-state index in [2.05, 4.69) is 15.4 Å². The molecule has 0 bridgehead atoms. The molecule has 0 radical (unpaired) electrons. The number of carbonyl (C=O) groups excluding carboxylic acids is 1. The van der Waals surface area contributed by atoms with Crippen LogP contribution in [0.3, 0.4) is 0 Å². The van der Waals surface area contributed by atoms with Crippen LogP contribution >= 0.6 is 0 Å². The van der Waals surface area contributed by atoms with Gasteiger partial charge in [-0.05, 0) is 25.5 Å². The number of hydrogen-bond donors (Lipinski definition) is 1. The molecule has 108 valence electrons. The van der Waals surface area contributed by atoms with E-state index in [1.165, 1.54) is 17.3 Å². The van der Waals surface area contributed by atoms with Gasteiger partial charge in [0.15, 0.2) is 0 Å². The van der Waals surface area contributed by atoms with Gasteiger partial charge in [0, 0.05) is 13.2 Å². The van der Waals surface area contributed by atoms with Crippen LogP contribution in [-0.4, -0.2) is 33.8 Å². The molecule has 0 spiro atoms. The minimum Gasteiger partial charge on any atom is -0.467 e. The summed E-state index contributed by atoms with van der Waals surface area (Å²) in [5.41, 5.74) is 0. The van der Waals surface area contributed by atoms with Crippen LogP contribution in [0.25, 0.3) is 0 Å². The van der Waals surface area contributed by atoms with Crippen LogP contribution in [0.2, 0.25) is 0 Å². The third kappa shape index (κ3) is 4.20. The lowest BCUT2D eigenvalue weighted by molar-refractivity contribution is -0.124. The van der Waals surface area contributed by atoms with E-state index in [4.69, 9.17) is 9.15 Å². The fourth-order valence-corrected chi connectivity index (χ4v) is 1.64. The Morgan fingerprint density at radius 3 is 3.20 bits per heavy atom. The molecule has 1 amide bonds. The number of carbonyl (C=O) groups is 1. The number of hydrogen-bond acceptors (Lipinski definition) is 5. The monoisotopic (exact) mass is 278 g/mol. The first kappa shape index (κ1) is 14.3. The lowest BCUT2D eigenvalue weighted by Crippen LogP contribution is -2.32. The molecule has 2 aromatic rings. The Labute approximate surface area is 116 Å². The predicted molar refractivity (Wildman–Crippen MR) is 70.7 cm³/mol. The SMILES string of the molecule is CC(C(=O)NCCCOCc1ccco1)n1cncn1. The van der Waals surface area contributed by atoms with Gasteiger partial charge in [0.2, 0.25) is 5.91 Å². The lowest BCUT2D eigenvalue weighted by Gasteiger charge is -2.11. The molecule has 0 aliphatic rings. The predicted octanol–water partition coefficient (Wildman–Crippen LogP) is 1.16. The van der Waals surface area contributed by atoms with Crippen molar-refractivity contribution in [2.75, 3.05) is 13.2 Å². The van der Waals surface area contributed by atoms with Crippen molar-refractivity contribution in [3.8, 4) is 0 Å². The van der Waals surface area contributed by atoms with E-state index >= 15 is 0 Å². The van der Waals surface area contributed by atoms with Gasteiger partial charge >= 0.3 is 0 Å². The molecule has 0 saturated heterocycles. The average Bonchev–Trinajstić information content (AvgIpc) is 3.13. The van der Waals surface area contributed by atoms with Gasteiger partial charge in [-0.1, -0.05) is 0 Å². The second-order valence-corrected chi connectivity index (χ2v) is 4.33. The van der Waals surface area contributed by atoms with Gasteiger partial charge in [-0.2, -0.15) is 5.10 Å². The van der Waals surface area contributed by atoms with Crippen LogP contribution in [-0.2, 0) is 16.1 Å². The van der Waals surface area contributed by atoms with Gasteiger partial charge in [-0.25, -0.2) is 9.67 Å². The topological polar surface area (TPSA) is 82.2 Å². The molecule has 2 rings (SSSR count). The summed E-state index contributed by atoms with van der Waals surface area (Å²) in [7, 11) is 0. The fourth-order valence-electron chi connectivity index (χ4n) is 1.64. The Kier molecular flexibility index (Phi) is 5.31. The Balaban J connectivity index is 1.55. The van der Waals surface area contributed by atoms with Crippen molar-refractivity contribution in [3.05, 3.63) is 36.8 Å². The first-order valence-corrected chi connectivity index (χ1v) is 6.49. The van der Waals surface area contributed by atoms with E-state index in [0.717, 1.165) is 12.2 Å². The molecule has 0 saturated carbocycles. The zero-order valence-electron chi connectivity index (χ0n) is 11.4. The van der Waals surface area contributed by atoms with Gasteiger partial charge in [0.1, 0.15) is 31.1 Å². The van der Waals surface area contributed by atoms with E-state index < -0.39 is 0 Å². The van der Waals surface area contributed by atoms with Gasteiger partial charge in [-0.15, -0.1) is 0 Å². The molecule has 2 aromatic heterocycles. The van der Waals surface area contributed by atoms with Crippen molar-refractivity contribution in [3.63, 3.8) is 0 Å². The number of rotatable bonds is 8. The number of furan rings is 1. The van der Waals surface area contributed by atoms with Crippen LogP contribution < -0.4 is 5.32 Å². The van der Waals surface area contributed by atoms with Gasteiger partial charge in [-0.3, -0.25) is 4.79 Å². The fraction of sp³-hybridized carbons (Fsp3) is 0.462. The Hall–Kier alpha value is -2.15. The molecule has 1 atom stereocenters. The molecule has 0 aromatic carbocycles. The summed E-state index contributed by atoms with van der Waals surface area (Å²) in [6.07, 6.45) is 5.30. The summed E-state index contributed by atoms with van der Waals surface area (Å²) in [5, 5.41) is 6.77. The van der Waals surface area contributed by atoms with Crippen molar-refractivity contribution in [1.29, 1.82) is 0 Å². The molecule has 2 heterocycles. The van der Waals surface area contributed by atoms with Crippen molar-refractivity contribution < 1.29 is 13.9 Å². The minimum atomic E-state index is -0.360. The summed E-state index contributed by atoms with van der Waals surface area (Å²) in [5.74, 6) is 0.718. The summed E-state index contributed by atoms with van der Waals surface area (Å²) in [4.78, 5) is 15.6. The second kappa shape index (κ2) is 7.44. The van der Waals surface area contributed by atoms with Crippen LogP contribution in [0.4, 0.5) is 0 Å². The molecular formula is C13H18N4O3. The highest BCUT2D eigenvalue weighted by Crippen LogP contribution is 2.03. The first-order valence-electron chi connectivity index (χ1n) is 6.49. The number of amides is 1. The summed E-state index contributed by atoms with van der Waals surface area (Å²) in [6, 6.07) is 3.33. The molecule has 20 heavy (non-hydrogen) atoms. The maximum absolute atomic E-state index is 11.8. The summed E-state index contributed by atoms with van der Waals surface area (Å²) < 4.78 is 12.1. The molecule has 1 N–H and O–H groups in total. The highest BCUT2D eigenvalue weighted by atomic mass is 16.5. The van der Waals surface area contributed by atoms with Crippen LogP contribution in [0.5, 0.6) is 0 Å². The second-order valence-electron chi connectivity index (χ2n) is 4.33. The third-order valence-electron chi connectivity index (χ3n) is 2.80. The minimum absolute atomic E-state index is 0.0819. The lowest BCUT2D eigenvalue weighted by atomic mass is 10.3. The third-order valence-corrected chi connectivity index (χ3v) is 2.80. The highest BCUT2D eigenvalue weighted by molar-refractivity contribution is 5.79. The molecule has 0 fully saturated rings.